The number of pyridine rings is 1. The highest BCUT2D eigenvalue weighted by Gasteiger charge is 2.12. The summed E-state index contributed by atoms with van der Waals surface area (Å²) in [6, 6.07) is 11.2. The van der Waals surface area contributed by atoms with Crippen molar-refractivity contribution in [2.45, 2.75) is 0 Å². The number of anilines is 1. The number of fused-ring (bicyclic) bond motifs is 1. The molecule has 0 bridgehead atoms. The molecule has 3 aromatic rings. The molecular formula is C16H12N2O4S. The summed E-state index contributed by atoms with van der Waals surface area (Å²) in [7, 11) is 1.53. The molecule has 0 unspecified atom stereocenters. The van der Waals surface area contributed by atoms with Crippen LogP contribution >= 0.6 is 11.3 Å². The van der Waals surface area contributed by atoms with Crippen molar-refractivity contribution in [3.63, 3.8) is 0 Å². The first kappa shape index (κ1) is 15.0. The molecule has 7 heteroatoms. The van der Waals surface area contributed by atoms with E-state index in [1.54, 1.807) is 30.3 Å². The molecule has 1 amide bonds. The van der Waals surface area contributed by atoms with Crippen LogP contribution in [0.25, 0.3) is 10.1 Å². The second-order valence-electron chi connectivity index (χ2n) is 4.93. The number of carbonyl (C=O) groups is 2. The van der Waals surface area contributed by atoms with E-state index in [9.17, 15) is 14.4 Å². The number of aromatic carboxylic acids is 1. The zero-order valence-corrected chi connectivity index (χ0v) is 12.9. The Hall–Kier alpha value is -2.93. The van der Waals surface area contributed by atoms with Gasteiger partial charge in [-0.25, -0.2) is 4.79 Å². The van der Waals surface area contributed by atoms with Crippen LogP contribution in [0.4, 0.5) is 5.69 Å². The number of amides is 1. The monoisotopic (exact) mass is 328 g/mol. The zero-order valence-electron chi connectivity index (χ0n) is 12.1. The van der Waals surface area contributed by atoms with Crippen molar-refractivity contribution in [2.75, 3.05) is 5.32 Å². The third kappa shape index (κ3) is 2.86. The topological polar surface area (TPSA) is 88.4 Å². The molecule has 0 aliphatic carbocycles. The summed E-state index contributed by atoms with van der Waals surface area (Å²) in [5, 5.41) is 12.5. The lowest BCUT2D eigenvalue weighted by molar-refractivity contribution is 0.0702. The van der Waals surface area contributed by atoms with Gasteiger partial charge in [0, 0.05) is 23.5 Å². The molecule has 0 saturated carbocycles. The van der Waals surface area contributed by atoms with Gasteiger partial charge in [-0.1, -0.05) is 6.07 Å². The smallest absolute Gasteiger partial charge is 0.345 e. The quantitative estimate of drug-likeness (QED) is 0.773. The zero-order chi connectivity index (χ0) is 16.6. The Morgan fingerprint density at radius 3 is 2.70 bits per heavy atom. The molecule has 2 N–H and O–H groups in total. The SMILES string of the molecule is Cn1c(C(=O)Nc2ccc3sc(C(=O)O)cc3c2)cccc1=O. The summed E-state index contributed by atoms with van der Waals surface area (Å²) < 4.78 is 2.09. The van der Waals surface area contributed by atoms with E-state index < -0.39 is 11.9 Å². The molecule has 3 rings (SSSR count). The molecule has 0 aliphatic heterocycles. The largest absolute Gasteiger partial charge is 0.477 e. The predicted octanol–water partition coefficient (Wildman–Crippen LogP) is 2.55. The maximum absolute atomic E-state index is 12.3. The van der Waals surface area contributed by atoms with Crippen molar-refractivity contribution >= 4 is 39.0 Å². The van der Waals surface area contributed by atoms with Crippen molar-refractivity contribution in [1.29, 1.82) is 0 Å². The van der Waals surface area contributed by atoms with Crippen molar-refractivity contribution in [1.82, 2.24) is 4.57 Å². The van der Waals surface area contributed by atoms with E-state index >= 15 is 0 Å². The first-order chi connectivity index (χ1) is 11.0. The maximum Gasteiger partial charge on any atom is 0.345 e. The molecule has 1 aromatic carbocycles. The maximum atomic E-state index is 12.3. The molecule has 116 valence electrons. The molecule has 0 fully saturated rings. The number of nitrogens with one attached hydrogen (secondary N) is 1. The van der Waals surface area contributed by atoms with Gasteiger partial charge in [-0.2, -0.15) is 0 Å². The highest BCUT2D eigenvalue weighted by molar-refractivity contribution is 7.20. The number of carboxylic acids is 1. The molecule has 23 heavy (non-hydrogen) atoms. The van der Waals surface area contributed by atoms with Crippen LogP contribution in [0.2, 0.25) is 0 Å². The van der Waals surface area contributed by atoms with Crippen LogP contribution in [0.5, 0.6) is 0 Å². The fraction of sp³-hybridized carbons (Fsp3) is 0.0625. The number of aromatic nitrogens is 1. The third-order valence-corrected chi connectivity index (χ3v) is 4.51. The van der Waals surface area contributed by atoms with Crippen LogP contribution in [-0.4, -0.2) is 21.6 Å². The first-order valence-corrected chi connectivity index (χ1v) is 7.51. The van der Waals surface area contributed by atoms with Crippen molar-refractivity contribution in [3.8, 4) is 0 Å². The number of carboxylic acid groups (broad SMARTS) is 1. The van der Waals surface area contributed by atoms with Crippen LogP contribution in [-0.2, 0) is 7.05 Å². The number of hydrogen-bond acceptors (Lipinski definition) is 4. The van der Waals surface area contributed by atoms with E-state index in [4.69, 9.17) is 5.11 Å². The van der Waals surface area contributed by atoms with Crippen LogP contribution in [0.1, 0.15) is 20.2 Å². The lowest BCUT2D eigenvalue weighted by atomic mass is 10.2. The molecule has 2 aromatic heterocycles. The molecule has 0 saturated heterocycles. The van der Waals surface area contributed by atoms with E-state index in [2.05, 4.69) is 5.32 Å². The second-order valence-corrected chi connectivity index (χ2v) is 6.01. The second kappa shape index (κ2) is 5.69. The number of hydrogen-bond donors (Lipinski definition) is 2. The summed E-state index contributed by atoms with van der Waals surface area (Å²) in [6.45, 7) is 0. The van der Waals surface area contributed by atoms with Crippen LogP contribution in [0.3, 0.4) is 0 Å². The Bertz CT molecular complexity index is 987. The van der Waals surface area contributed by atoms with Gasteiger partial charge in [-0.05, 0) is 35.7 Å². The Morgan fingerprint density at radius 2 is 1.96 bits per heavy atom. The standard InChI is InChI=1S/C16H12N2O4S/c1-18-11(3-2-4-14(18)19)15(20)17-10-5-6-12-9(7-10)8-13(23-12)16(21)22/h2-8H,1H3,(H,17,20)(H,21,22). The van der Waals surface area contributed by atoms with Crippen LogP contribution < -0.4 is 10.9 Å². The minimum Gasteiger partial charge on any atom is -0.477 e. The molecule has 0 aliphatic rings. The fourth-order valence-electron chi connectivity index (χ4n) is 2.21. The normalized spacial score (nSPS) is 10.7. The summed E-state index contributed by atoms with van der Waals surface area (Å²) in [5.41, 5.74) is 0.514. The molecule has 2 heterocycles. The van der Waals surface area contributed by atoms with Crippen LogP contribution in [0, 0.1) is 0 Å². The van der Waals surface area contributed by atoms with Crippen molar-refractivity contribution < 1.29 is 14.7 Å². The first-order valence-electron chi connectivity index (χ1n) is 6.70. The Labute approximate surface area is 134 Å². The van der Waals surface area contributed by atoms with Gasteiger partial charge < -0.3 is 15.0 Å². The molecule has 0 atom stereocenters. The summed E-state index contributed by atoms with van der Waals surface area (Å²) >= 11 is 1.18. The minimum atomic E-state index is -0.976. The summed E-state index contributed by atoms with van der Waals surface area (Å²) in [6.07, 6.45) is 0. The van der Waals surface area contributed by atoms with E-state index in [1.165, 1.54) is 35.1 Å². The Balaban J connectivity index is 1.91. The van der Waals surface area contributed by atoms with Gasteiger partial charge >= 0.3 is 5.97 Å². The van der Waals surface area contributed by atoms with Crippen molar-refractivity contribution in [3.05, 3.63) is 63.4 Å². The van der Waals surface area contributed by atoms with Crippen molar-refractivity contribution in [2.24, 2.45) is 7.05 Å². The fourth-order valence-corrected chi connectivity index (χ4v) is 3.10. The Morgan fingerprint density at radius 1 is 1.17 bits per heavy atom. The number of rotatable bonds is 3. The van der Waals surface area contributed by atoms with E-state index in [0.29, 0.717) is 5.69 Å². The van der Waals surface area contributed by atoms with E-state index in [-0.39, 0.29) is 16.1 Å². The van der Waals surface area contributed by atoms with Crippen LogP contribution in [0.15, 0.2) is 47.3 Å². The lowest BCUT2D eigenvalue weighted by Crippen LogP contribution is -2.25. The predicted molar refractivity (Wildman–Crippen MR) is 88.4 cm³/mol. The number of nitrogens with zero attached hydrogens (tertiary/aromatic N) is 1. The number of thiophene rings is 1. The van der Waals surface area contributed by atoms with Gasteiger partial charge in [0.1, 0.15) is 10.6 Å². The molecule has 0 radical (unpaired) electrons. The average Bonchev–Trinajstić information content (AvgIpc) is 2.93. The molecule has 6 nitrogen and oxygen atoms in total. The third-order valence-electron chi connectivity index (χ3n) is 3.40. The lowest BCUT2D eigenvalue weighted by Gasteiger charge is -2.08. The Kier molecular flexibility index (Phi) is 3.71. The highest BCUT2D eigenvalue weighted by atomic mass is 32.1. The van der Waals surface area contributed by atoms with Gasteiger partial charge in [0.05, 0.1) is 0 Å². The van der Waals surface area contributed by atoms with Gasteiger partial charge in [-0.3, -0.25) is 9.59 Å². The number of carbonyl (C=O) groups excluding carboxylic acids is 1. The average molecular weight is 328 g/mol. The van der Waals surface area contributed by atoms with E-state index in [1.807, 2.05) is 0 Å². The van der Waals surface area contributed by atoms with Gasteiger partial charge in [-0.15, -0.1) is 11.3 Å². The molecule has 0 spiro atoms. The molecular weight excluding hydrogens is 316 g/mol. The highest BCUT2D eigenvalue weighted by Crippen LogP contribution is 2.28. The van der Waals surface area contributed by atoms with E-state index in [0.717, 1.165) is 10.1 Å². The summed E-state index contributed by atoms with van der Waals surface area (Å²) in [5.74, 6) is -1.38. The van der Waals surface area contributed by atoms with Gasteiger partial charge in [0.25, 0.3) is 11.5 Å². The summed E-state index contributed by atoms with van der Waals surface area (Å²) in [4.78, 5) is 35.1. The number of benzene rings is 1. The van der Waals surface area contributed by atoms with Gasteiger partial charge in [0.2, 0.25) is 0 Å². The van der Waals surface area contributed by atoms with Gasteiger partial charge in [0.15, 0.2) is 0 Å². The minimum absolute atomic E-state index is 0.244.